The third kappa shape index (κ3) is 4.99. The summed E-state index contributed by atoms with van der Waals surface area (Å²) >= 11 is 5.30. The molecule has 48 valence electrons. The molecular weight excluding hydrogens is 134 g/mol. The van der Waals surface area contributed by atoms with Gasteiger partial charge in [0.1, 0.15) is 0 Å². The van der Waals surface area contributed by atoms with Gasteiger partial charge in [0.2, 0.25) is 0 Å². The van der Waals surface area contributed by atoms with Crippen molar-refractivity contribution in [1.29, 1.82) is 0 Å². The summed E-state index contributed by atoms with van der Waals surface area (Å²) in [7, 11) is 0. The zero-order valence-electron chi connectivity index (χ0n) is 5.19. The molecule has 1 nitrogen and oxygen atoms in total. The van der Waals surface area contributed by atoms with Gasteiger partial charge in [0, 0.05) is 0 Å². The molecule has 0 heterocycles. The minimum Gasteiger partial charge on any atom is -0.389 e. The molecule has 0 saturated carbocycles. The maximum Gasteiger partial charge on any atom is 0.0992 e. The first-order chi connectivity index (χ1) is 4.16. The van der Waals surface area contributed by atoms with Crippen molar-refractivity contribution in [3.05, 3.63) is 22.9 Å². The number of hydrogen-bond acceptors (Lipinski definition) is 1. The number of allylic oxidation sites excluding steroid dienone is 3. The van der Waals surface area contributed by atoms with E-state index < -0.39 is 0 Å². The average Bonchev–Trinajstić information content (AvgIpc) is 1.83. The van der Waals surface area contributed by atoms with Gasteiger partial charge in [0.15, 0.2) is 0 Å². The highest BCUT2D eigenvalue weighted by atomic mass is 35.5. The molecule has 0 fully saturated rings. The molecule has 0 atom stereocenters. The molecule has 0 unspecified atom stereocenters. The maximum absolute atomic E-state index is 5.30. The van der Waals surface area contributed by atoms with Crippen LogP contribution in [0.15, 0.2) is 22.9 Å². The van der Waals surface area contributed by atoms with Gasteiger partial charge >= 0.3 is 0 Å². The predicted molar refractivity (Wildman–Crippen MR) is 40.7 cm³/mol. The zero-order chi connectivity index (χ0) is 7.28. The normalized spacial score (nSPS) is 13.0. The molecule has 0 aliphatic carbocycles. The van der Waals surface area contributed by atoms with Crippen LogP contribution in [0, 0.1) is 12.3 Å². The molecule has 0 aromatic heterocycles. The van der Waals surface area contributed by atoms with Crippen LogP contribution in [0.3, 0.4) is 0 Å². The van der Waals surface area contributed by atoms with E-state index in [1.165, 1.54) is 0 Å². The molecule has 0 saturated heterocycles. The van der Waals surface area contributed by atoms with E-state index in [2.05, 4.69) is 5.92 Å². The molecule has 0 amide bonds. The van der Waals surface area contributed by atoms with Gasteiger partial charge in [-0.3, -0.25) is 0 Å². The van der Waals surface area contributed by atoms with E-state index in [1.807, 2.05) is 0 Å². The van der Waals surface area contributed by atoms with Crippen molar-refractivity contribution in [2.24, 2.45) is 5.73 Å². The van der Waals surface area contributed by atoms with Crippen molar-refractivity contribution >= 4 is 11.6 Å². The van der Waals surface area contributed by atoms with E-state index in [-0.39, 0.29) is 5.16 Å². The van der Waals surface area contributed by atoms with Crippen molar-refractivity contribution in [1.82, 2.24) is 0 Å². The third-order valence-electron chi connectivity index (χ3n) is 0.720. The van der Waals surface area contributed by atoms with E-state index in [9.17, 15) is 0 Å². The molecule has 0 aromatic carbocycles. The number of hydrogen-bond donors (Lipinski definition) is 1. The smallest absolute Gasteiger partial charge is 0.0992 e. The Bertz CT molecular complexity index is 180. The second kappa shape index (κ2) is 4.05. The Morgan fingerprint density at radius 2 is 2.22 bits per heavy atom. The quantitative estimate of drug-likeness (QED) is 0.335. The standard InChI is InChI=1S/C7H8ClN/c1-3-6(2)4-5-7(8)9/h1,4-5H,9H2,2H3/b6-4-,7-5-. The minimum atomic E-state index is 0.240. The van der Waals surface area contributed by atoms with Crippen molar-refractivity contribution in [2.75, 3.05) is 0 Å². The van der Waals surface area contributed by atoms with Gasteiger partial charge in [-0.1, -0.05) is 17.5 Å². The third-order valence-corrected chi connectivity index (χ3v) is 0.846. The lowest BCUT2D eigenvalue weighted by Gasteiger charge is -1.82. The van der Waals surface area contributed by atoms with E-state index in [4.69, 9.17) is 23.8 Å². The highest BCUT2D eigenvalue weighted by molar-refractivity contribution is 6.29. The summed E-state index contributed by atoms with van der Waals surface area (Å²) < 4.78 is 0. The second-order valence-corrected chi connectivity index (χ2v) is 1.98. The second-order valence-electron chi connectivity index (χ2n) is 1.55. The summed E-state index contributed by atoms with van der Waals surface area (Å²) in [6, 6.07) is 0. The van der Waals surface area contributed by atoms with Crippen LogP contribution in [0.25, 0.3) is 0 Å². The molecule has 0 aliphatic heterocycles. The highest BCUT2D eigenvalue weighted by Gasteiger charge is 1.77. The summed E-state index contributed by atoms with van der Waals surface area (Å²) in [4.78, 5) is 0. The lowest BCUT2D eigenvalue weighted by atomic mass is 10.3. The van der Waals surface area contributed by atoms with Gasteiger partial charge in [-0.25, -0.2) is 0 Å². The Kier molecular flexibility index (Phi) is 3.66. The average molecular weight is 142 g/mol. The van der Waals surface area contributed by atoms with E-state index in [1.54, 1.807) is 19.1 Å². The van der Waals surface area contributed by atoms with E-state index in [0.717, 1.165) is 5.57 Å². The van der Waals surface area contributed by atoms with Crippen LogP contribution in [-0.2, 0) is 0 Å². The van der Waals surface area contributed by atoms with Gasteiger partial charge in [-0.05, 0) is 24.6 Å². The van der Waals surface area contributed by atoms with Crippen molar-refractivity contribution < 1.29 is 0 Å². The minimum absolute atomic E-state index is 0.240. The molecule has 2 heteroatoms. The predicted octanol–water partition coefficient (Wildman–Crippen LogP) is 1.60. The zero-order valence-corrected chi connectivity index (χ0v) is 5.94. The number of halogens is 1. The Morgan fingerprint density at radius 1 is 1.67 bits per heavy atom. The fraction of sp³-hybridized carbons (Fsp3) is 0.143. The fourth-order valence-electron chi connectivity index (χ4n) is 0.253. The van der Waals surface area contributed by atoms with Crippen LogP contribution in [0.1, 0.15) is 6.92 Å². The molecule has 0 bridgehead atoms. The lowest BCUT2D eigenvalue weighted by Crippen LogP contribution is -1.84. The molecule has 0 radical (unpaired) electrons. The van der Waals surface area contributed by atoms with Gasteiger partial charge < -0.3 is 5.73 Å². The Balaban J connectivity index is 4.03. The van der Waals surface area contributed by atoms with Crippen LogP contribution < -0.4 is 5.73 Å². The van der Waals surface area contributed by atoms with Gasteiger partial charge in [-0.2, -0.15) is 0 Å². The van der Waals surface area contributed by atoms with Crippen LogP contribution in [-0.4, -0.2) is 0 Å². The Morgan fingerprint density at radius 3 is 2.56 bits per heavy atom. The van der Waals surface area contributed by atoms with Crippen LogP contribution >= 0.6 is 11.6 Å². The molecule has 0 aromatic rings. The van der Waals surface area contributed by atoms with Gasteiger partial charge in [-0.15, -0.1) is 6.42 Å². The lowest BCUT2D eigenvalue weighted by molar-refractivity contribution is 1.51. The largest absolute Gasteiger partial charge is 0.389 e. The molecule has 9 heavy (non-hydrogen) atoms. The first-order valence-corrected chi connectivity index (χ1v) is 2.80. The SMILES string of the molecule is C#C/C(C)=C\C=C(/N)Cl. The van der Waals surface area contributed by atoms with Crippen molar-refractivity contribution in [3.8, 4) is 12.3 Å². The number of nitrogens with two attached hydrogens (primary N) is 1. The number of terminal acetylenes is 1. The first kappa shape index (κ1) is 8.13. The van der Waals surface area contributed by atoms with Crippen molar-refractivity contribution in [3.63, 3.8) is 0 Å². The molecule has 0 spiro atoms. The van der Waals surface area contributed by atoms with E-state index >= 15 is 0 Å². The Hall–Kier alpha value is -0.870. The fourth-order valence-corrected chi connectivity index (χ4v) is 0.316. The van der Waals surface area contributed by atoms with Gasteiger partial charge in [0.25, 0.3) is 0 Å². The maximum atomic E-state index is 5.30. The summed E-state index contributed by atoms with van der Waals surface area (Å²) in [6.07, 6.45) is 8.26. The molecular formula is C7H8ClN. The molecule has 0 aliphatic rings. The molecule has 0 rings (SSSR count). The highest BCUT2D eigenvalue weighted by Crippen LogP contribution is 1.94. The summed E-state index contributed by atoms with van der Waals surface area (Å²) in [5, 5.41) is 0.240. The van der Waals surface area contributed by atoms with Crippen LogP contribution in [0.5, 0.6) is 0 Å². The molecule has 2 N–H and O–H groups in total. The number of rotatable bonds is 1. The van der Waals surface area contributed by atoms with Crippen molar-refractivity contribution in [2.45, 2.75) is 6.92 Å². The Labute approximate surface area is 60.2 Å². The summed E-state index contributed by atoms with van der Waals surface area (Å²) in [5.41, 5.74) is 5.91. The first-order valence-electron chi connectivity index (χ1n) is 2.43. The van der Waals surface area contributed by atoms with Crippen LogP contribution in [0.4, 0.5) is 0 Å². The van der Waals surface area contributed by atoms with Crippen LogP contribution in [0.2, 0.25) is 0 Å². The van der Waals surface area contributed by atoms with E-state index in [0.29, 0.717) is 0 Å². The monoisotopic (exact) mass is 141 g/mol. The summed E-state index contributed by atoms with van der Waals surface area (Å²) in [6.45, 7) is 1.80. The van der Waals surface area contributed by atoms with Gasteiger partial charge in [0.05, 0.1) is 5.16 Å². The summed E-state index contributed by atoms with van der Waals surface area (Å²) in [5.74, 6) is 2.42. The topological polar surface area (TPSA) is 26.0 Å².